The first-order valence-corrected chi connectivity index (χ1v) is 6.28. The third-order valence-electron chi connectivity index (χ3n) is 2.88. The van der Waals surface area contributed by atoms with Crippen molar-refractivity contribution < 1.29 is 19.4 Å². The van der Waals surface area contributed by atoms with Gasteiger partial charge in [0.2, 0.25) is 5.91 Å². The molecule has 0 aromatic heterocycles. The van der Waals surface area contributed by atoms with Crippen molar-refractivity contribution in [3.05, 3.63) is 36.4 Å². The Bertz CT molecular complexity index is 504. The Hall–Kier alpha value is -2.34. The van der Waals surface area contributed by atoms with Crippen LogP contribution in [-0.2, 0) is 14.3 Å². The molecular formula is C14H15N2O4-. The lowest BCUT2D eigenvalue weighted by Gasteiger charge is -2.28. The molecule has 6 heteroatoms. The summed E-state index contributed by atoms with van der Waals surface area (Å²) in [5, 5.41) is 12.7. The van der Waals surface area contributed by atoms with Gasteiger partial charge in [0.1, 0.15) is 0 Å². The fourth-order valence-electron chi connectivity index (χ4n) is 1.90. The van der Waals surface area contributed by atoms with Crippen molar-refractivity contribution in [3.63, 3.8) is 0 Å². The summed E-state index contributed by atoms with van der Waals surface area (Å²) in [4.78, 5) is 23.8. The maximum absolute atomic E-state index is 11.4. The van der Waals surface area contributed by atoms with E-state index < -0.39 is 11.9 Å². The minimum atomic E-state index is -1.40. The lowest BCUT2D eigenvalue weighted by molar-refractivity contribution is -0.297. The first kappa shape index (κ1) is 14.1. The number of carbonyl (C=O) groups excluding carboxylic acids is 2. The van der Waals surface area contributed by atoms with Crippen LogP contribution in [0.25, 0.3) is 0 Å². The number of benzene rings is 1. The molecule has 0 bridgehead atoms. The van der Waals surface area contributed by atoms with E-state index >= 15 is 0 Å². The van der Waals surface area contributed by atoms with Gasteiger partial charge in [0.25, 0.3) is 0 Å². The Kier molecular flexibility index (Phi) is 4.73. The topological polar surface area (TPSA) is 81.7 Å². The number of carboxylic acids is 1. The van der Waals surface area contributed by atoms with Gasteiger partial charge in [0, 0.05) is 30.5 Å². The number of aliphatic carboxylic acids is 1. The first-order chi connectivity index (χ1) is 9.65. The number of nitrogens with zero attached hydrogens (tertiary/aromatic N) is 1. The number of carboxylic acid groups (broad SMARTS) is 1. The van der Waals surface area contributed by atoms with Crippen LogP contribution >= 0.6 is 0 Å². The molecule has 106 valence electrons. The SMILES string of the molecule is O=C([O-])C=CC(=O)Nc1ccc(N2CCOCC2)cc1. The van der Waals surface area contributed by atoms with Gasteiger partial charge in [0.15, 0.2) is 0 Å². The standard InChI is InChI=1S/C14H16N2O4/c17-13(5-6-14(18)19)15-11-1-3-12(4-2-11)16-7-9-20-10-8-16/h1-6H,7-10H2,(H,15,17)(H,18,19)/p-1. The maximum atomic E-state index is 11.4. The fourth-order valence-corrected chi connectivity index (χ4v) is 1.90. The monoisotopic (exact) mass is 275 g/mol. The van der Waals surface area contributed by atoms with Gasteiger partial charge in [-0.25, -0.2) is 0 Å². The van der Waals surface area contributed by atoms with E-state index in [1.807, 2.05) is 12.1 Å². The molecule has 0 radical (unpaired) electrons. The molecule has 2 rings (SSSR count). The van der Waals surface area contributed by atoms with Crippen LogP contribution in [0.4, 0.5) is 11.4 Å². The van der Waals surface area contributed by atoms with Crippen molar-refractivity contribution in [3.8, 4) is 0 Å². The predicted octanol–water partition coefficient (Wildman–Crippen LogP) is -0.232. The summed E-state index contributed by atoms with van der Waals surface area (Å²) < 4.78 is 5.28. The molecule has 0 spiro atoms. The van der Waals surface area contributed by atoms with E-state index in [1.54, 1.807) is 12.1 Å². The highest BCUT2D eigenvalue weighted by atomic mass is 16.5. The van der Waals surface area contributed by atoms with Gasteiger partial charge in [-0.15, -0.1) is 0 Å². The molecule has 6 nitrogen and oxygen atoms in total. The minimum absolute atomic E-state index is 0.506. The third kappa shape index (κ3) is 4.10. The predicted molar refractivity (Wildman–Crippen MR) is 72.3 cm³/mol. The highest BCUT2D eigenvalue weighted by Crippen LogP contribution is 2.18. The van der Waals surface area contributed by atoms with Crippen molar-refractivity contribution in [1.29, 1.82) is 0 Å². The number of hydrogen-bond donors (Lipinski definition) is 1. The average Bonchev–Trinajstić information content (AvgIpc) is 2.47. The summed E-state index contributed by atoms with van der Waals surface area (Å²) in [6.07, 6.45) is 1.61. The molecule has 1 aromatic carbocycles. The largest absolute Gasteiger partial charge is 0.545 e. The molecule has 1 amide bonds. The summed E-state index contributed by atoms with van der Waals surface area (Å²) >= 11 is 0. The van der Waals surface area contributed by atoms with Gasteiger partial charge in [-0.1, -0.05) is 0 Å². The molecule has 1 aliphatic rings. The summed E-state index contributed by atoms with van der Waals surface area (Å²) in [6.45, 7) is 3.12. The van der Waals surface area contributed by atoms with Gasteiger partial charge in [-0.3, -0.25) is 4.79 Å². The second-order valence-corrected chi connectivity index (χ2v) is 4.29. The van der Waals surface area contributed by atoms with E-state index in [1.165, 1.54) is 0 Å². The van der Waals surface area contributed by atoms with E-state index in [2.05, 4.69) is 10.2 Å². The zero-order chi connectivity index (χ0) is 14.4. The van der Waals surface area contributed by atoms with E-state index in [4.69, 9.17) is 4.74 Å². The summed E-state index contributed by atoms with van der Waals surface area (Å²) in [5.74, 6) is -1.91. The number of anilines is 2. The van der Waals surface area contributed by atoms with Crippen LogP contribution in [0.15, 0.2) is 36.4 Å². The third-order valence-corrected chi connectivity index (χ3v) is 2.88. The molecule has 1 aromatic rings. The number of morpholine rings is 1. The van der Waals surface area contributed by atoms with Gasteiger partial charge >= 0.3 is 0 Å². The van der Waals surface area contributed by atoms with E-state index in [9.17, 15) is 14.7 Å². The Morgan fingerprint density at radius 3 is 2.40 bits per heavy atom. The van der Waals surface area contributed by atoms with Crippen LogP contribution in [0.5, 0.6) is 0 Å². The Labute approximate surface area is 116 Å². The molecule has 0 atom stereocenters. The smallest absolute Gasteiger partial charge is 0.248 e. The van der Waals surface area contributed by atoms with Gasteiger partial charge in [-0.2, -0.15) is 0 Å². The van der Waals surface area contributed by atoms with E-state index in [0.717, 1.165) is 24.9 Å². The lowest BCUT2D eigenvalue weighted by Crippen LogP contribution is -2.36. The molecule has 1 saturated heterocycles. The van der Waals surface area contributed by atoms with Crippen molar-refractivity contribution in [2.45, 2.75) is 0 Å². The van der Waals surface area contributed by atoms with Gasteiger partial charge < -0.3 is 24.9 Å². The molecule has 0 aliphatic carbocycles. The number of ether oxygens (including phenoxy) is 1. The highest BCUT2D eigenvalue weighted by Gasteiger charge is 2.10. The first-order valence-electron chi connectivity index (χ1n) is 6.28. The second-order valence-electron chi connectivity index (χ2n) is 4.29. The van der Waals surface area contributed by atoms with Gasteiger partial charge in [0.05, 0.1) is 19.2 Å². The number of amides is 1. The van der Waals surface area contributed by atoms with Crippen LogP contribution in [0.2, 0.25) is 0 Å². The lowest BCUT2D eigenvalue weighted by atomic mass is 10.2. The molecule has 20 heavy (non-hydrogen) atoms. The van der Waals surface area contributed by atoms with E-state index in [-0.39, 0.29) is 0 Å². The van der Waals surface area contributed by atoms with Crippen LogP contribution in [-0.4, -0.2) is 38.2 Å². The highest BCUT2D eigenvalue weighted by molar-refractivity contribution is 6.02. The van der Waals surface area contributed by atoms with Crippen LogP contribution in [0.3, 0.4) is 0 Å². The maximum Gasteiger partial charge on any atom is 0.248 e. The second kappa shape index (κ2) is 6.72. The van der Waals surface area contributed by atoms with Crippen LogP contribution in [0.1, 0.15) is 0 Å². The molecule has 1 fully saturated rings. The molecule has 1 N–H and O–H groups in total. The number of nitrogens with one attached hydrogen (secondary N) is 1. The van der Waals surface area contributed by atoms with Crippen LogP contribution < -0.4 is 15.3 Å². The number of carbonyl (C=O) groups is 2. The number of hydrogen-bond acceptors (Lipinski definition) is 5. The Morgan fingerprint density at radius 1 is 1.15 bits per heavy atom. The minimum Gasteiger partial charge on any atom is -0.545 e. The summed E-state index contributed by atoms with van der Waals surface area (Å²) in [7, 11) is 0. The van der Waals surface area contributed by atoms with Crippen LogP contribution in [0, 0.1) is 0 Å². The van der Waals surface area contributed by atoms with E-state index in [0.29, 0.717) is 25.0 Å². The van der Waals surface area contributed by atoms with Crippen molar-refractivity contribution in [2.24, 2.45) is 0 Å². The fraction of sp³-hybridized carbons (Fsp3) is 0.286. The summed E-state index contributed by atoms with van der Waals surface area (Å²) in [6, 6.07) is 7.36. The number of rotatable bonds is 4. The average molecular weight is 275 g/mol. The van der Waals surface area contributed by atoms with Crippen molar-refractivity contribution in [2.75, 3.05) is 36.5 Å². The zero-order valence-electron chi connectivity index (χ0n) is 10.9. The summed E-state index contributed by atoms with van der Waals surface area (Å²) in [5.41, 5.74) is 1.67. The van der Waals surface area contributed by atoms with Crippen molar-refractivity contribution >= 4 is 23.3 Å². The molecule has 0 unspecified atom stereocenters. The zero-order valence-corrected chi connectivity index (χ0v) is 10.9. The normalized spacial score (nSPS) is 15.3. The Morgan fingerprint density at radius 2 is 1.80 bits per heavy atom. The Balaban J connectivity index is 1.94. The molecule has 1 aliphatic heterocycles. The molecule has 1 heterocycles. The van der Waals surface area contributed by atoms with Gasteiger partial charge in [-0.05, 0) is 30.3 Å². The molecular weight excluding hydrogens is 260 g/mol. The molecule has 0 saturated carbocycles. The quantitative estimate of drug-likeness (QED) is 0.767. The van der Waals surface area contributed by atoms with Crippen molar-refractivity contribution in [1.82, 2.24) is 0 Å².